The van der Waals surface area contributed by atoms with Crippen LogP contribution in [0.2, 0.25) is 0 Å². The van der Waals surface area contributed by atoms with Gasteiger partial charge in [-0.25, -0.2) is 0 Å². The van der Waals surface area contributed by atoms with Gasteiger partial charge >= 0.3 is 0 Å². The summed E-state index contributed by atoms with van der Waals surface area (Å²) >= 11 is 1.79. The van der Waals surface area contributed by atoms with Crippen LogP contribution in [0.3, 0.4) is 0 Å². The topological polar surface area (TPSA) is 74.7 Å². The molecule has 0 aliphatic rings. The van der Waals surface area contributed by atoms with Crippen molar-refractivity contribution in [2.24, 2.45) is 10.9 Å². The zero-order valence-corrected chi connectivity index (χ0v) is 13.3. The van der Waals surface area contributed by atoms with Gasteiger partial charge in [-0.2, -0.15) is 11.8 Å². The molecule has 5 nitrogen and oxygen atoms in total. The number of amidine groups is 1. The number of nitrogens with two attached hydrogens (primary N) is 1. The van der Waals surface area contributed by atoms with Crippen LogP contribution in [0.25, 0.3) is 10.9 Å². The second kappa shape index (κ2) is 6.67. The monoisotopic (exact) mass is 304 g/mol. The quantitative estimate of drug-likeness (QED) is 0.384. The predicted octanol–water partition coefficient (Wildman–Crippen LogP) is 2.52. The minimum atomic E-state index is 0.0754. The van der Waals surface area contributed by atoms with Gasteiger partial charge in [-0.3, -0.25) is 4.98 Å². The van der Waals surface area contributed by atoms with E-state index in [2.05, 4.69) is 28.2 Å². The summed E-state index contributed by atoms with van der Waals surface area (Å²) in [5, 5.41) is 13.2. The molecule has 0 amide bonds. The number of fused-ring (bicyclic) bond motifs is 1. The first-order valence-electron chi connectivity index (χ1n) is 6.67. The molecule has 6 heteroatoms. The van der Waals surface area contributed by atoms with Crippen LogP contribution in [0.5, 0.6) is 0 Å². The molecule has 0 fully saturated rings. The molecule has 1 heterocycles. The first-order chi connectivity index (χ1) is 10.1. The van der Waals surface area contributed by atoms with Gasteiger partial charge < -0.3 is 15.8 Å². The maximum absolute atomic E-state index is 9.02. The van der Waals surface area contributed by atoms with Crippen LogP contribution >= 0.6 is 11.8 Å². The number of nitrogens with zero attached hydrogens (tertiary/aromatic N) is 3. The van der Waals surface area contributed by atoms with E-state index < -0.39 is 0 Å². The fourth-order valence-electron chi connectivity index (χ4n) is 2.32. The van der Waals surface area contributed by atoms with Gasteiger partial charge in [0.15, 0.2) is 5.84 Å². The lowest BCUT2D eigenvalue weighted by Crippen LogP contribution is -2.33. The second-order valence-electron chi connectivity index (χ2n) is 4.94. The summed E-state index contributed by atoms with van der Waals surface area (Å²) in [6, 6.07) is 8.21. The van der Waals surface area contributed by atoms with Gasteiger partial charge in [0, 0.05) is 30.4 Å². The molecule has 0 saturated heterocycles. The maximum atomic E-state index is 9.02. The average Bonchev–Trinajstić information content (AvgIpc) is 2.52. The largest absolute Gasteiger partial charge is 0.409 e. The highest BCUT2D eigenvalue weighted by Crippen LogP contribution is 2.30. The van der Waals surface area contributed by atoms with Crippen LogP contribution in [-0.2, 0) is 0 Å². The van der Waals surface area contributed by atoms with Gasteiger partial charge in [-0.05, 0) is 19.2 Å². The summed E-state index contributed by atoms with van der Waals surface area (Å²) in [5.74, 6) is 1.06. The van der Waals surface area contributed by atoms with Crippen LogP contribution in [0.1, 0.15) is 12.5 Å². The fraction of sp³-hybridized carbons (Fsp3) is 0.333. The van der Waals surface area contributed by atoms with E-state index in [0.717, 1.165) is 22.3 Å². The number of hydrogen-bond acceptors (Lipinski definition) is 5. The number of rotatable bonds is 5. The smallest absolute Gasteiger partial charge is 0.173 e. The molecular formula is C15H20N4OS. The van der Waals surface area contributed by atoms with Gasteiger partial charge in [-0.15, -0.1) is 0 Å². The van der Waals surface area contributed by atoms with E-state index in [1.54, 1.807) is 18.0 Å². The number of oxime groups is 1. The molecular weight excluding hydrogens is 284 g/mol. The third kappa shape index (κ3) is 3.05. The van der Waals surface area contributed by atoms with Crippen LogP contribution in [0.4, 0.5) is 5.69 Å². The van der Waals surface area contributed by atoms with Crippen molar-refractivity contribution in [3.05, 3.63) is 36.0 Å². The maximum Gasteiger partial charge on any atom is 0.173 e. The normalized spacial score (nSPS) is 13.4. The number of hydrogen-bond donors (Lipinski definition) is 2. The number of para-hydroxylation sites is 1. The van der Waals surface area contributed by atoms with Crippen LogP contribution < -0.4 is 10.6 Å². The summed E-state index contributed by atoms with van der Waals surface area (Å²) in [6.45, 7) is 2.15. The van der Waals surface area contributed by atoms with Gasteiger partial charge in [0.05, 0.1) is 16.8 Å². The molecule has 0 aliphatic carbocycles. The number of pyridine rings is 1. The lowest BCUT2D eigenvalue weighted by molar-refractivity contribution is 0.318. The molecule has 0 bridgehead atoms. The SMILES string of the molecule is CSCC(C)N(C)c1c(/C(N)=N/O)cnc2ccccc12. The highest BCUT2D eigenvalue weighted by Gasteiger charge is 2.19. The van der Waals surface area contributed by atoms with E-state index in [9.17, 15) is 0 Å². The summed E-state index contributed by atoms with van der Waals surface area (Å²) in [5.41, 5.74) is 8.31. The molecule has 0 saturated carbocycles. The van der Waals surface area contributed by atoms with Crippen molar-refractivity contribution in [1.29, 1.82) is 0 Å². The third-order valence-corrected chi connectivity index (χ3v) is 4.37. The Labute approximate surface area is 128 Å². The number of aromatic nitrogens is 1. The minimum Gasteiger partial charge on any atom is -0.409 e. The zero-order valence-electron chi connectivity index (χ0n) is 12.4. The van der Waals surface area contributed by atoms with Gasteiger partial charge in [0.1, 0.15) is 0 Å². The minimum absolute atomic E-state index is 0.0754. The Morgan fingerprint density at radius 3 is 2.86 bits per heavy atom. The van der Waals surface area contributed by atoms with Crippen molar-refractivity contribution in [2.75, 3.05) is 24.0 Å². The molecule has 21 heavy (non-hydrogen) atoms. The fourth-order valence-corrected chi connectivity index (χ4v) is 3.03. The van der Waals surface area contributed by atoms with Crippen molar-refractivity contribution in [2.45, 2.75) is 13.0 Å². The van der Waals surface area contributed by atoms with Crippen molar-refractivity contribution in [3.63, 3.8) is 0 Å². The Bertz CT molecular complexity index is 659. The lowest BCUT2D eigenvalue weighted by Gasteiger charge is -2.29. The number of anilines is 1. The molecule has 1 aromatic heterocycles. The molecule has 1 aromatic carbocycles. The first kappa shape index (κ1) is 15.4. The van der Waals surface area contributed by atoms with E-state index >= 15 is 0 Å². The summed E-state index contributed by atoms with van der Waals surface area (Å²) < 4.78 is 0. The lowest BCUT2D eigenvalue weighted by atomic mass is 10.1. The van der Waals surface area contributed by atoms with Crippen LogP contribution in [0.15, 0.2) is 35.6 Å². The molecule has 2 rings (SSSR count). The van der Waals surface area contributed by atoms with E-state index in [-0.39, 0.29) is 5.84 Å². The molecule has 0 aliphatic heterocycles. The van der Waals surface area contributed by atoms with Crippen LogP contribution in [-0.4, -0.2) is 41.1 Å². The zero-order chi connectivity index (χ0) is 15.4. The Morgan fingerprint density at radius 2 is 2.19 bits per heavy atom. The Hall–Kier alpha value is -1.95. The van der Waals surface area contributed by atoms with Gasteiger partial charge in [0.2, 0.25) is 0 Å². The first-order valence-corrected chi connectivity index (χ1v) is 8.07. The molecule has 3 N–H and O–H groups in total. The Balaban J connectivity index is 2.66. The van der Waals surface area contributed by atoms with Crippen molar-refractivity contribution >= 4 is 34.2 Å². The van der Waals surface area contributed by atoms with E-state index in [1.165, 1.54) is 0 Å². The van der Waals surface area contributed by atoms with Crippen molar-refractivity contribution in [3.8, 4) is 0 Å². The average molecular weight is 304 g/mol. The predicted molar refractivity (Wildman–Crippen MR) is 90.5 cm³/mol. The molecule has 112 valence electrons. The molecule has 0 spiro atoms. The van der Waals surface area contributed by atoms with E-state index in [4.69, 9.17) is 10.9 Å². The summed E-state index contributed by atoms with van der Waals surface area (Å²) in [7, 11) is 2.02. The second-order valence-corrected chi connectivity index (χ2v) is 5.85. The Kier molecular flexibility index (Phi) is 4.90. The summed E-state index contributed by atoms with van der Waals surface area (Å²) in [4.78, 5) is 6.56. The molecule has 0 radical (unpaired) electrons. The van der Waals surface area contributed by atoms with Crippen LogP contribution in [0, 0.1) is 0 Å². The number of thioether (sulfide) groups is 1. The highest BCUT2D eigenvalue weighted by molar-refractivity contribution is 7.98. The van der Waals surface area contributed by atoms with E-state index in [1.807, 2.05) is 31.3 Å². The molecule has 1 unspecified atom stereocenters. The summed E-state index contributed by atoms with van der Waals surface area (Å²) in [6.07, 6.45) is 3.74. The third-order valence-electron chi connectivity index (χ3n) is 3.55. The Morgan fingerprint density at radius 1 is 1.48 bits per heavy atom. The highest BCUT2D eigenvalue weighted by atomic mass is 32.2. The van der Waals surface area contributed by atoms with Gasteiger partial charge in [0.25, 0.3) is 0 Å². The van der Waals surface area contributed by atoms with Crippen molar-refractivity contribution in [1.82, 2.24) is 4.98 Å². The van der Waals surface area contributed by atoms with Gasteiger partial charge in [-0.1, -0.05) is 23.4 Å². The number of benzene rings is 1. The van der Waals surface area contributed by atoms with E-state index in [0.29, 0.717) is 11.6 Å². The van der Waals surface area contributed by atoms with Crippen molar-refractivity contribution < 1.29 is 5.21 Å². The molecule has 1 atom stereocenters. The standard InChI is InChI=1S/C15H20N4OS/c1-10(9-21-3)19(2)14-11-6-4-5-7-13(11)17-8-12(14)15(16)18-20/h4-8,10,20H,9H2,1-3H3,(H2,16,18). The molecule has 2 aromatic rings.